The fraction of sp³-hybridized carbons (Fsp3) is 1.00. The molecule has 0 radical (unpaired) electrons. The van der Waals surface area contributed by atoms with Crippen LogP contribution < -0.4 is 10.0 Å². The van der Waals surface area contributed by atoms with E-state index in [4.69, 9.17) is 0 Å². The lowest BCUT2D eigenvalue weighted by atomic mass is 9.86. The standard InChI is InChI=1S/C11H24N2O2S/c1-2-12-8-3-4-9-16(14,15)13-10-11-6-5-7-11/h11-13H,2-10H2,1H3. The fourth-order valence-corrected chi connectivity index (χ4v) is 2.95. The molecule has 0 atom stereocenters. The van der Waals surface area contributed by atoms with Crippen LogP contribution >= 0.6 is 0 Å². The second kappa shape index (κ2) is 7.25. The third kappa shape index (κ3) is 5.82. The maximum atomic E-state index is 11.6. The molecule has 0 bridgehead atoms. The Morgan fingerprint density at radius 1 is 1.25 bits per heavy atom. The summed E-state index contributed by atoms with van der Waals surface area (Å²) in [6.07, 6.45) is 5.30. The van der Waals surface area contributed by atoms with Crippen LogP contribution in [-0.4, -0.2) is 33.8 Å². The predicted octanol–water partition coefficient (Wildman–Crippen LogP) is 1.10. The minimum absolute atomic E-state index is 0.269. The van der Waals surface area contributed by atoms with Crippen LogP contribution in [0.15, 0.2) is 0 Å². The summed E-state index contributed by atoms with van der Waals surface area (Å²) in [6, 6.07) is 0. The number of rotatable bonds is 9. The van der Waals surface area contributed by atoms with Crippen LogP contribution in [0.5, 0.6) is 0 Å². The van der Waals surface area contributed by atoms with Gasteiger partial charge in [0.1, 0.15) is 0 Å². The Hall–Kier alpha value is -0.130. The average Bonchev–Trinajstić information content (AvgIpc) is 2.14. The van der Waals surface area contributed by atoms with Crippen molar-refractivity contribution in [3.05, 3.63) is 0 Å². The van der Waals surface area contributed by atoms with Gasteiger partial charge in [-0.15, -0.1) is 0 Å². The van der Waals surface area contributed by atoms with Crippen molar-refractivity contribution in [1.82, 2.24) is 10.0 Å². The average molecular weight is 248 g/mol. The molecule has 1 saturated carbocycles. The summed E-state index contributed by atoms with van der Waals surface area (Å²) in [5.74, 6) is 0.863. The summed E-state index contributed by atoms with van der Waals surface area (Å²) in [6.45, 7) is 4.56. The molecular weight excluding hydrogens is 224 g/mol. The lowest BCUT2D eigenvalue weighted by Crippen LogP contribution is -2.33. The molecular formula is C11H24N2O2S. The molecule has 1 rings (SSSR count). The van der Waals surface area contributed by atoms with Crippen LogP contribution in [0.2, 0.25) is 0 Å². The molecule has 0 amide bonds. The lowest BCUT2D eigenvalue weighted by molar-refractivity contribution is 0.316. The summed E-state index contributed by atoms with van der Waals surface area (Å²) in [5, 5.41) is 3.19. The second-order valence-electron chi connectivity index (χ2n) is 4.52. The molecule has 1 aliphatic rings. The van der Waals surface area contributed by atoms with Gasteiger partial charge in [0.2, 0.25) is 10.0 Å². The Kier molecular flexibility index (Phi) is 6.31. The Labute approximate surface area is 99.2 Å². The van der Waals surface area contributed by atoms with Gasteiger partial charge in [0.15, 0.2) is 0 Å². The fourth-order valence-electron chi connectivity index (χ4n) is 1.73. The Morgan fingerprint density at radius 3 is 2.56 bits per heavy atom. The minimum Gasteiger partial charge on any atom is -0.317 e. The van der Waals surface area contributed by atoms with Crippen molar-refractivity contribution >= 4 is 10.0 Å². The molecule has 0 aliphatic heterocycles. The predicted molar refractivity (Wildman–Crippen MR) is 66.9 cm³/mol. The molecule has 0 aromatic rings. The van der Waals surface area contributed by atoms with Gasteiger partial charge < -0.3 is 5.32 Å². The highest BCUT2D eigenvalue weighted by Crippen LogP contribution is 2.25. The number of sulfonamides is 1. The van der Waals surface area contributed by atoms with Crippen LogP contribution in [-0.2, 0) is 10.0 Å². The summed E-state index contributed by atoms with van der Waals surface area (Å²) in [7, 11) is -3.02. The maximum Gasteiger partial charge on any atom is 0.211 e. The van der Waals surface area contributed by atoms with Gasteiger partial charge in [-0.05, 0) is 44.7 Å². The van der Waals surface area contributed by atoms with Crippen LogP contribution in [0.25, 0.3) is 0 Å². The largest absolute Gasteiger partial charge is 0.317 e. The van der Waals surface area contributed by atoms with Gasteiger partial charge in [-0.25, -0.2) is 13.1 Å². The molecule has 4 nitrogen and oxygen atoms in total. The zero-order valence-corrected chi connectivity index (χ0v) is 11.0. The summed E-state index contributed by atoms with van der Waals surface area (Å²) in [4.78, 5) is 0. The molecule has 2 N–H and O–H groups in total. The van der Waals surface area contributed by atoms with Crippen LogP contribution in [0, 0.1) is 5.92 Å². The molecule has 16 heavy (non-hydrogen) atoms. The molecule has 1 aliphatic carbocycles. The molecule has 0 aromatic heterocycles. The van der Waals surface area contributed by atoms with Crippen molar-refractivity contribution in [2.45, 2.75) is 39.0 Å². The molecule has 0 spiro atoms. The third-order valence-electron chi connectivity index (χ3n) is 3.08. The normalized spacial score (nSPS) is 17.3. The van der Waals surface area contributed by atoms with Gasteiger partial charge in [0.25, 0.3) is 0 Å². The highest BCUT2D eigenvalue weighted by Gasteiger charge is 2.19. The second-order valence-corrected chi connectivity index (χ2v) is 6.45. The van der Waals surface area contributed by atoms with Crippen molar-refractivity contribution in [1.29, 1.82) is 0 Å². The summed E-state index contributed by atoms with van der Waals surface area (Å²) >= 11 is 0. The van der Waals surface area contributed by atoms with Crippen molar-refractivity contribution in [3.8, 4) is 0 Å². The van der Waals surface area contributed by atoms with Crippen molar-refractivity contribution in [3.63, 3.8) is 0 Å². The van der Waals surface area contributed by atoms with Gasteiger partial charge in [-0.3, -0.25) is 0 Å². The molecule has 0 heterocycles. The lowest BCUT2D eigenvalue weighted by Gasteiger charge is -2.25. The van der Waals surface area contributed by atoms with E-state index in [1.165, 1.54) is 19.3 Å². The van der Waals surface area contributed by atoms with E-state index in [0.717, 1.165) is 25.9 Å². The highest BCUT2D eigenvalue weighted by atomic mass is 32.2. The molecule has 1 fully saturated rings. The number of unbranched alkanes of at least 4 members (excludes halogenated alkanes) is 1. The monoisotopic (exact) mass is 248 g/mol. The summed E-state index contributed by atoms with van der Waals surface area (Å²) in [5.41, 5.74) is 0. The SMILES string of the molecule is CCNCCCCS(=O)(=O)NCC1CCC1. The van der Waals surface area contributed by atoms with Gasteiger partial charge in [-0.1, -0.05) is 13.3 Å². The third-order valence-corrected chi connectivity index (χ3v) is 4.52. The summed E-state index contributed by atoms with van der Waals surface area (Å²) < 4.78 is 25.9. The van der Waals surface area contributed by atoms with E-state index in [0.29, 0.717) is 12.5 Å². The van der Waals surface area contributed by atoms with E-state index in [9.17, 15) is 8.42 Å². The van der Waals surface area contributed by atoms with E-state index in [-0.39, 0.29) is 5.75 Å². The molecule has 0 saturated heterocycles. The Morgan fingerprint density at radius 2 is 2.00 bits per heavy atom. The first-order valence-electron chi connectivity index (χ1n) is 6.32. The van der Waals surface area contributed by atoms with Gasteiger partial charge in [0, 0.05) is 6.54 Å². The first-order valence-corrected chi connectivity index (χ1v) is 7.97. The van der Waals surface area contributed by atoms with E-state index in [2.05, 4.69) is 17.0 Å². The minimum atomic E-state index is -3.02. The number of hydrogen-bond donors (Lipinski definition) is 2. The van der Waals surface area contributed by atoms with E-state index >= 15 is 0 Å². The van der Waals surface area contributed by atoms with Gasteiger partial charge in [-0.2, -0.15) is 0 Å². The quantitative estimate of drug-likeness (QED) is 0.601. The van der Waals surface area contributed by atoms with Crippen molar-refractivity contribution in [2.75, 3.05) is 25.4 Å². The Bertz CT molecular complexity index is 274. The number of nitrogens with one attached hydrogen (secondary N) is 2. The smallest absolute Gasteiger partial charge is 0.211 e. The van der Waals surface area contributed by atoms with Gasteiger partial charge in [0.05, 0.1) is 5.75 Å². The zero-order valence-electron chi connectivity index (χ0n) is 10.2. The van der Waals surface area contributed by atoms with Crippen LogP contribution in [0.4, 0.5) is 0 Å². The molecule has 96 valence electrons. The first-order chi connectivity index (χ1) is 7.64. The van der Waals surface area contributed by atoms with Crippen molar-refractivity contribution < 1.29 is 8.42 Å². The topological polar surface area (TPSA) is 58.2 Å². The Balaban J connectivity index is 2.03. The molecule has 0 aromatic carbocycles. The van der Waals surface area contributed by atoms with Crippen LogP contribution in [0.1, 0.15) is 39.0 Å². The van der Waals surface area contributed by atoms with Gasteiger partial charge >= 0.3 is 0 Å². The van der Waals surface area contributed by atoms with E-state index < -0.39 is 10.0 Å². The molecule has 0 unspecified atom stereocenters. The first kappa shape index (κ1) is 13.9. The van der Waals surface area contributed by atoms with E-state index in [1.807, 2.05) is 0 Å². The maximum absolute atomic E-state index is 11.6. The number of hydrogen-bond acceptors (Lipinski definition) is 3. The van der Waals surface area contributed by atoms with E-state index in [1.54, 1.807) is 0 Å². The van der Waals surface area contributed by atoms with Crippen molar-refractivity contribution in [2.24, 2.45) is 5.92 Å². The molecule has 5 heteroatoms. The van der Waals surface area contributed by atoms with Crippen LogP contribution in [0.3, 0.4) is 0 Å². The highest BCUT2D eigenvalue weighted by molar-refractivity contribution is 7.89. The zero-order chi connectivity index (χ0) is 11.9.